The van der Waals surface area contributed by atoms with Crippen LogP contribution >= 0.6 is 0 Å². The van der Waals surface area contributed by atoms with Gasteiger partial charge in [0.05, 0.1) is 42.0 Å². The summed E-state index contributed by atoms with van der Waals surface area (Å²) in [5, 5.41) is 12.9. The highest BCUT2D eigenvalue weighted by Gasteiger charge is 2.47. The van der Waals surface area contributed by atoms with Crippen LogP contribution < -0.4 is 9.64 Å². The summed E-state index contributed by atoms with van der Waals surface area (Å²) >= 11 is 0. The van der Waals surface area contributed by atoms with E-state index in [4.69, 9.17) is 4.74 Å². The van der Waals surface area contributed by atoms with Gasteiger partial charge in [0, 0.05) is 48.8 Å². The molecular formula is C26H27F2N5O3. The SMILES string of the molecule is CN1CC2(CCC2)c2c1cnc1ccc(-c3cnc(OCCCN4CC(F)(F)C4)c([N+](=O)[O-])c3)cc21. The minimum Gasteiger partial charge on any atom is -0.473 e. The standard InChI is InChI=1S/C26H27F2N5O3/c1-31-14-25(6-2-7-25)23-19-10-17(4-5-20(19)29-13-22(23)31)18-11-21(33(34)35)24(30-12-18)36-9-3-8-32-15-26(27,28)16-32/h4-5,10-13H,2-3,6-9,14-16H2,1H3. The Bertz CT molecular complexity index is 1350. The van der Waals surface area contributed by atoms with Crippen molar-refractivity contribution in [3.63, 3.8) is 0 Å². The minimum absolute atomic E-state index is 0.0592. The molecule has 0 unspecified atom stereocenters. The van der Waals surface area contributed by atoms with Crippen molar-refractivity contribution in [2.24, 2.45) is 0 Å². The molecule has 2 aromatic heterocycles. The van der Waals surface area contributed by atoms with E-state index in [1.54, 1.807) is 11.1 Å². The van der Waals surface area contributed by atoms with Crippen molar-refractivity contribution in [1.82, 2.24) is 14.9 Å². The molecule has 1 saturated heterocycles. The van der Waals surface area contributed by atoms with Gasteiger partial charge in [0.2, 0.25) is 0 Å². The molecule has 2 fully saturated rings. The summed E-state index contributed by atoms with van der Waals surface area (Å²) in [6.07, 6.45) is 7.56. The second-order valence-electron chi connectivity index (χ2n) is 10.3. The molecule has 1 saturated carbocycles. The lowest BCUT2D eigenvalue weighted by atomic mass is 9.65. The molecule has 2 aliphatic heterocycles. The average Bonchev–Trinajstić information content (AvgIpc) is 3.14. The third kappa shape index (κ3) is 3.84. The first-order valence-corrected chi connectivity index (χ1v) is 12.3. The van der Waals surface area contributed by atoms with E-state index >= 15 is 0 Å². The van der Waals surface area contributed by atoms with Crippen LogP contribution in [-0.2, 0) is 5.41 Å². The number of likely N-dealkylation sites (N-methyl/N-ethyl adjacent to an activating group) is 1. The normalized spacial score (nSPS) is 19.7. The second kappa shape index (κ2) is 8.33. The van der Waals surface area contributed by atoms with E-state index in [9.17, 15) is 18.9 Å². The first-order valence-electron chi connectivity index (χ1n) is 12.3. The Hall–Kier alpha value is -3.40. The van der Waals surface area contributed by atoms with E-state index in [2.05, 4.69) is 28.0 Å². The molecule has 1 aliphatic carbocycles. The molecule has 36 heavy (non-hydrogen) atoms. The van der Waals surface area contributed by atoms with Gasteiger partial charge >= 0.3 is 5.69 Å². The number of hydrogen-bond acceptors (Lipinski definition) is 7. The van der Waals surface area contributed by atoms with Crippen molar-refractivity contribution in [2.75, 3.05) is 44.7 Å². The van der Waals surface area contributed by atoms with E-state index in [0.717, 1.165) is 41.5 Å². The predicted octanol–water partition coefficient (Wildman–Crippen LogP) is 4.80. The van der Waals surface area contributed by atoms with Crippen molar-refractivity contribution in [3.05, 3.63) is 52.3 Å². The van der Waals surface area contributed by atoms with E-state index in [1.165, 1.54) is 18.1 Å². The van der Waals surface area contributed by atoms with Crippen LogP contribution in [0.2, 0.25) is 0 Å². The van der Waals surface area contributed by atoms with Crippen LogP contribution in [0, 0.1) is 10.1 Å². The zero-order chi connectivity index (χ0) is 25.1. The molecule has 1 spiro atoms. The van der Waals surface area contributed by atoms with Gasteiger partial charge in [-0.25, -0.2) is 13.8 Å². The van der Waals surface area contributed by atoms with Crippen molar-refractivity contribution in [2.45, 2.75) is 37.0 Å². The molecule has 3 aromatic rings. The zero-order valence-electron chi connectivity index (χ0n) is 20.0. The number of benzene rings is 1. The number of likely N-dealkylation sites (tertiary alicyclic amines) is 1. The van der Waals surface area contributed by atoms with Gasteiger partial charge in [0.25, 0.3) is 11.8 Å². The van der Waals surface area contributed by atoms with E-state index in [1.807, 2.05) is 18.3 Å². The molecule has 4 heterocycles. The summed E-state index contributed by atoms with van der Waals surface area (Å²) in [6.45, 7) is 1.11. The van der Waals surface area contributed by atoms with Gasteiger partial charge in [-0.05, 0) is 42.5 Å². The second-order valence-corrected chi connectivity index (χ2v) is 10.3. The summed E-state index contributed by atoms with van der Waals surface area (Å²) in [6, 6.07) is 7.44. The third-order valence-electron chi connectivity index (χ3n) is 7.77. The first-order chi connectivity index (χ1) is 17.2. The maximum absolute atomic E-state index is 12.9. The smallest absolute Gasteiger partial charge is 0.331 e. The van der Waals surface area contributed by atoms with E-state index in [-0.39, 0.29) is 36.7 Å². The highest BCUT2D eigenvalue weighted by atomic mass is 19.3. The van der Waals surface area contributed by atoms with Crippen LogP contribution in [0.3, 0.4) is 0 Å². The van der Waals surface area contributed by atoms with E-state index in [0.29, 0.717) is 18.5 Å². The number of anilines is 1. The number of hydrogen-bond donors (Lipinski definition) is 0. The van der Waals surface area contributed by atoms with Crippen LogP contribution in [0.5, 0.6) is 5.88 Å². The van der Waals surface area contributed by atoms with Crippen molar-refractivity contribution >= 4 is 22.3 Å². The van der Waals surface area contributed by atoms with Gasteiger partial charge in [-0.15, -0.1) is 0 Å². The lowest BCUT2D eigenvalue weighted by molar-refractivity contribution is -0.386. The predicted molar refractivity (Wildman–Crippen MR) is 132 cm³/mol. The number of fused-ring (bicyclic) bond motifs is 4. The topological polar surface area (TPSA) is 84.6 Å². The molecule has 8 nitrogen and oxygen atoms in total. The highest BCUT2D eigenvalue weighted by molar-refractivity contribution is 5.93. The highest BCUT2D eigenvalue weighted by Crippen LogP contribution is 2.54. The molecule has 0 radical (unpaired) electrons. The first kappa shape index (κ1) is 23.0. The zero-order valence-corrected chi connectivity index (χ0v) is 20.0. The van der Waals surface area contributed by atoms with E-state index < -0.39 is 10.8 Å². The van der Waals surface area contributed by atoms with Crippen LogP contribution in [0.1, 0.15) is 31.2 Å². The van der Waals surface area contributed by atoms with Gasteiger partial charge in [-0.3, -0.25) is 20.0 Å². The fourth-order valence-electron chi connectivity index (χ4n) is 5.90. The summed E-state index contributed by atoms with van der Waals surface area (Å²) in [5.41, 5.74) is 4.83. The Balaban J connectivity index is 1.25. The van der Waals surface area contributed by atoms with Gasteiger partial charge < -0.3 is 9.64 Å². The average molecular weight is 496 g/mol. The lowest BCUT2D eigenvalue weighted by Crippen LogP contribution is -2.56. The number of halogens is 2. The fraction of sp³-hybridized carbons (Fsp3) is 0.462. The summed E-state index contributed by atoms with van der Waals surface area (Å²) < 4.78 is 31.5. The molecule has 0 atom stereocenters. The summed E-state index contributed by atoms with van der Waals surface area (Å²) in [7, 11) is 2.11. The fourth-order valence-corrected chi connectivity index (χ4v) is 5.90. The Morgan fingerprint density at radius 1 is 1.11 bits per heavy atom. The number of ether oxygens (including phenoxy) is 1. The van der Waals surface area contributed by atoms with Gasteiger partial charge in [0.15, 0.2) is 0 Å². The van der Waals surface area contributed by atoms with Gasteiger partial charge in [0.1, 0.15) is 0 Å². The maximum Gasteiger partial charge on any atom is 0.331 e. The number of nitro groups is 1. The third-order valence-corrected chi connectivity index (χ3v) is 7.77. The molecule has 10 heteroatoms. The minimum atomic E-state index is -2.61. The molecule has 3 aliphatic rings. The van der Waals surface area contributed by atoms with Crippen LogP contribution in [0.15, 0.2) is 36.7 Å². The molecule has 6 rings (SSSR count). The number of aromatic nitrogens is 2. The molecule has 188 valence electrons. The van der Waals surface area contributed by atoms with Crippen molar-refractivity contribution in [3.8, 4) is 17.0 Å². The number of alkyl halides is 2. The maximum atomic E-state index is 12.9. The Morgan fingerprint density at radius 2 is 1.92 bits per heavy atom. The van der Waals surface area contributed by atoms with Gasteiger partial charge in [-0.1, -0.05) is 12.5 Å². The molecule has 0 N–H and O–H groups in total. The van der Waals surface area contributed by atoms with Crippen LogP contribution in [0.25, 0.3) is 22.0 Å². The van der Waals surface area contributed by atoms with Crippen LogP contribution in [0.4, 0.5) is 20.2 Å². The largest absolute Gasteiger partial charge is 0.473 e. The Morgan fingerprint density at radius 3 is 2.61 bits per heavy atom. The summed E-state index contributed by atoms with van der Waals surface area (Å²) in [4.78, 5) is 24.1. The molecule has 1 aromatic carbocycles. The van der Waals surface area contributed by atoms with Gasteiger partial charge in [-0.2, -0.15) is 0 Å². The quantitative estimate of drug-likeness (QED) is 0.265. The molecular weight excluding hydrogens is 468 g/mol. The van der Waals surface area contributed by atoms with Crippen LogP contribution in [-0.4, -0.2) is 65.5 Å². The molecule has 0 amide bonds. The Labute approximate surface area is 207 Å². The lowest BCUT2D eigenvalue weighted by Gasteiger charge is -2.39. The van der Waals surface area contributed by atoms with Crippen molar-refractivity contribution in [1.29, 1.82) is 0 Å². The monoisotopic (exact) mass is 495 g/mol. The number of pyridine rings is 2. The molecule has 0 bridgehead atoms. The summed E-state index contributed by atoms with van der Waals surface area (Å²) in [5.74, 6) is -2.67. The number of rotatable bonds is 7. The van der Waals surface area contributed by atoms with Crippen molar-refractivity contribution < 1.29 is 18.4 Å². The number of nitrogens with zero attached hydrogens (tertiary/aromatic N) is 5. The Kier molecular flexibility index (Phi) is 5.33.